The highest BCUT2D eigenvalue weighted by molar-refractivity contribution is 5.83. The van der Waals surface area contributed by atoms with Crippen LogP contribution < -0.4 is 11.1 Å². The van der Waals surface area contributed by atoms with E-state index >= 15 is 0 Å². The van der Waals surface area contributed by atoms with Crippen LogP contribution in [0.1, 0.15) is 38.5 Å². The van der Waals surface area contributed by atoms with Crippen LogP contribution in [0, 0.1) is 23.2 Å². The van der Waals surface area contributed by atoms with Crippen LogP contribution in [0.5, 0.6) is 0 Å². The topological polar surface area (TPSA) is 72.2 Å². The molecule has 3 N–H and O–H groups in total. The minimum Gasteiger partial charge on any atom is -0.368 e. The van der Waals surface area contributed by atoms with Crippen molar-refractivity contribution in [3.8, 4) is 0 Å². The molecule has 4 fully saturated rings. The Hall–Kier alpha value is -1.06. The van der Waals surface area contributed by atoms with Crippen molar-refractivity contribution >= 4 is 12.3 Å². The molecule has 0 saturated heterocycles. The molecule has 17 heavy (non-hydrogen) atoms. The van der Waals surface area contributed by atoms with E-state index in [1.54, 1.807) is 0 Å². The first-order valence-corrected chi connectivity index (χ1v) is 6.62. The first kappa shape index (κ1) is 11.1. The van der Waals surface area contributed by atoms with E-state index in [0.717, 1.165) is 37.0 Å². The maximum Gasteiger partial charge on any atom is 0.240 e. The molecule has 0 radical (unpaired) electrons. The minimum absolute atomic E-state index is 0.0263. The molecule has 2 amide bonds. The second kappa shape index (κ2) is 3.72. The quantitative estimate of drug-likeness (QED) is 0.709. The molecule has 4 heteroatoms. The average molecular weight is 236 g/mol. The Morgan fingerprint density at radius 1 is 1.18 bits per heavy atom. The van der Waals surface area contributed by atoms with Gasteiger partial charge in [-0.1, -0.05) is 0 Å². The predicted molar refractivity (Wildman–Crippen MR) is 62.8 cm³/mol. The van der Waals surface area contributed by atoms with Crippen LogP contribution in [0.15, 0.2) is 0 Å². The Morgan fingerprint density at radius 2 is 1.65 bits per heavy atom. The minimum atomic E-state index is -0.451. The Balaban J connectivity index is 1.89. The lowest BCUT2D eigenvalue weighted by molar-refractivity contribution is -0.135. The summed E-state index contributed by atoms with van der Waals surface area (Å²) in [6.07, 6.45) is 7.84. The van der Waals surface area contributed by atoms with Gasteiger partial charge < -0.3 is 11.1 Å². The van der Waals surface area contributed by atoms with Gasteiger partial charge in [0.25, 0.3) is 0 Å². The van der Waals surface area contributed by atoms with E-state index in [4.69, 9.17) is 5.73 Å². The number of primary amides is 1. The van der Waals surface area contributed by atoms with Crippen molar-refractivity contribution < 1.29 is 9.59 Å². The zero-order valence-corrected chi connectivity index (χ0v) is 10.0. The lowest BCUT2D eigenvalue weighted by Crippen LogP contribution is -2.60. The molecule has 4 saturated carbocycles. The molecule has 1 unspecified atom stereocenters. The van der Waals surface area contributed by atoms with Gasteiger partial charge >= 0.3 is 0 Å². The molecule has 4 nitrogen and oxygen atoms in total. The van der Waals surface area contributed by atoms with Crippen molar-refractivity contribution in [2.75, 3.05) is 0 Å². The van der Waals surface area contributed by atoms with E-state index in [2.05, 4.69) is 5.32 Å². The molecular weight excluding hydrogens is 216 g/mol. The number of nitrogens with two attached hydrogens (primary N) is 1. The fourth-order valence-corrected chi connectivity index (χ4v) is 5.16. The van der Waals surface area contributed by atoms with Gasteiger partial charge in [-0.15, -0.1) is 0 Å². The molecule has 0 aromatic heterocycles. The van der Waals surface area contributed by atoms with E-state index in [-0.39, 0.29) is 11.3 Å². The molecule has 4 aliphatic rings. The smallest absolute Gasteiger partial charge is 0.240 e. The van der Waals surface area contributed by atoms with Crippen molar-refractivity contribution in [3.05, 3.63) is 0 Å². The first-order valence-electron chi connectivity index (χ1n) is 6.62. The Labute approximate surface area is 101 Å². The summed E-state index contributed by atoms with van der Waals surface area (Å²) in [5.41, 5.74) is 5.46. The summed E-state index contributed by atoms with van der Waals surface area (Å²) in [7, 11) is 0. The third-order valence-corrected chi connectivity index (χ3v) is 5.22. The summed E-state index contributed by atoms with van der Waals surface area (Å²) in [4.78, 5) is 22.3. The van der Waals surface area contributed by atoms with Gasteiger partial charge in [0.05, 0.1) is 0 Å². The molecule has 4 aliphatic carbocycles. The molecule has 0 aromatic rings. The van der Waals surface area contributed by atoms with Crippen LogP contribution in [-0.2, 0) is 9.59 Å². The number of carbonyl (C=O) groups is 2. The van der Waals surface area contributed by atoms with Gasteiger partial charge in [-0.25, -0.2) is 0 Å². The lowest BCUT2D eigenvalue weighted by atomic mass is 9.47. The van der Waals surface area contributed by atoms with Gasteiger partial charge in [0.15, 0.2) is 0 Å². The predicted octanol–water partition coefficient (Wildman–Crippen LogP) is 0.803. The monoisotopic (exact) mass is 236 g/mol. The summed E-state index contributed by atoms with van der Waals surface area (Å²) in [6, 6.07) is -0.451. The molecule has 0 heterocycles. The lowest BCUT2D eigenvalue weighted by Gasteiger charge is -2.58. The summed E-state index contributed by atoms with van der Waals surface area (Å²) in [5.74, 6) is 1.92. The SMILES string of the molecule is NC(=O)C(NC=O)C12CC3CC(CC(C3)C1)C2. The average Bonchev–Trinajstić information content (AvgIpc) is 2.23. The molecule has 0 aromatic carbocycles. The second-order valence-electron chi connectivity index (χ2n) is 6.40. The van der Waals surface area contributed by atoms with Crippen molar-refractivity contribution in [1.82, 2.24) is 5.32 Å². The van der Waals surface area contributed by atoms with Crippen molar-refractivity contribution in [1.29, 1.82) is 0 Å². The van der Waals surface area contributed by atoms with Gasteiger partial charge in [-0.2, -0.15) is 0 Å². The van der Waals surface area contributed by atoms with Crippen molar-refractivity contribution in [2.24, 2.45) is 28.9 Å². The molecule has 1 atom stereocenters. The fourth-order valence-electron chi connectivity index (χ4n) is 5.16. The standard InChI is InChI=1S/C13H20N2O2/c14-12(17)11(15-7-16)13-4-8-1-9(5-13)3-10(2-8)6-13/h7-11H,1-6H2,(H2,14,17)(H,15,16). The second-order valence-corrected chi connectivity index (χ2v) is 6.40. The number of rotatable bonds is 4. The van der Waals surface area contributed by atoms with E-state index < -0.39 is 6.04 Å². The normalized spacial score (nSPS) is 44.4. The highest BCUT2D eigenvalue weighted by Crippen LogP contribution is 2.61. The number of amides is 2. The fraction of sp³-hybridized carbons (Fsp3) is 0.846. The van der Waals surface area contributed by atoms with Crippen LogP contribution in [0.3, 0.4) is 0 Å². The third-order valence-electron chi connectivity index (χ3n) is 5.22. The zero-order valence-electron chi connectivity index (χ0n) is 10.0. The van der Waals surface area contributed by atoms with Crippen LogP contribution in [0.2, 0.25) is 0 Å². The van der Waals surface area contributed by atoms with E-state index in [1.807, 2.05) is 0 Å². The summed E-state index contributed by atoms with van der Waals surface area (Å²) < 4.78 is 0. The van der Waals surface area contributed by atoms with Gasteiger partial charge in [-0.3, -0.25) is 9.59 Å². The molecule has 4 rings (SSSR count). The Morgan fingerprint density at radius 3 is 2.00 bits per heavy atom. The van der Waals surface area contributed by atoms with Crippen molar-refractivity contribution in [2.45, 2.75) is 44.6 Å². The highest BCUT2D eigenvalue weighted by atomic mass is 16.2. The van der Waals surface area contributed by atoms with Crippen molar-refractivity contribution in [3.63, 3.8) is 0 Å². The third kappa shape index (κ3) is 1.65. The number of carbonyl (C=O) groups excluding carboxylic acids is 2. The number of hydrogen-bond donors (Lipinski definition) is 2. The van der Waals surface area contributed by atoms with Crippen LogP contribution in [-0.4, -0.2) is 18.4 Å². The summed E-state index contributed by atoms with van der Waals surface area (Å²) in [6.45, 7) is 0. The maximum absolute atomic E-state index is 11.6. The number of nitrogens with one attached hydrogen (secondary N) is 1. The summed E-state index contributed by atoms with van der Waals surface area (Å²) >= 11 is 0. The van der Waals surface area contributed by atoms with Crippen LogP contribution >= 0.6 is 0 Å². The zero-order chi connectivity index (χ0) is 12.0. The Bertz CT molecular complexity index is 318. The largest absolute Gasteiger partial charge is 0.368 e. The van der Waals surface area contributed by atoms with Gasteiger partial charge in [0, 0.05) is 5.41 Å². The summed E-state index contributed by atoms with van der Waals surface area (Å²) in [5, 5.41) is 2.68. The molecular formula is C13H20N2O2. The van der Waals surface area contributed by atoms with Crippen LogP contribution in [0.25, 0.3) is 0 Å². The van der Waals surface area contributed by atoms with E-state index in [1.165, 1.54) is 19.3 Å². The first-order chi connectivity index (χ1) is 8.13. The highest BCUT2D eigenvalue weighted by Gasteiger charge is 2.55. The molecule has 94 valence electrons. The Kier molecular flexibility index (Phi) is 2.42. The van der Waals surface area contributed by atoms with Gasteiger partial charge in [0.1, 0.15) is 6.04 Å². The molecule has 0 aliphatic heterocycles. The number of hydrogen-bond acceptors (Lipinski definition) is 2. The van der Waals surface area contributed by atoms with Gasteiger partial charge in [-0.05, 0) is 56.3 Å². The van der Waals surface area contributed by atoms with E-state index in [0.29, 0.717) is 6.41 Å². The van der Waals surface area contributed by atoms with E-state index in [9.17, 15) is 9.59 Å². The maximum atomic E-state index is 11.6. The molecule has 4 bridgehead atoms. The molecule has 0 spiro atoms. The van der Waals surface area contributed by atoms with Crippen LogP contribution in [0.4, 0.5) is 0 Å². The van der Waals surface area contributed by atoms with Gasteiger partial charge in [0.2, 0.25) is 12.3 Å².